The zero-order chi connectivity index (χ0) is 16.1. The molecule has 0 spiro atoms. The van der Waals surface area contributed by atoms with Gasteiger partial charge in [-0.2, -0.15) is 0 Å². The molecule has 1 aromatic heterocycles. The monoisotopic (exact) mass is 366 g/mol. The molecule has 0 saturated heterocycles. The minimum atomic E-state index is -0.252. The van der Waals surface area contributed by atoms with Gasteiger partial charge in [0.2, 0.25) is 0 Å². The van der Waals surface area contributed by atoms with Crippen LogP contribution >= 0.6 is 15.9 Å². The van der Waals surface area contributed by atoms with Crippen LogP contribution in [-0.2, 0) is 20.1 Å². The van der Waals surface area contributed by atoms with E-state index in [9.17, 15) is 4.39 Å². The molecule has 0 unspecified atom stereocenters. The van der Waals surface area contributed by atoms with Crippen LogP contribution in [0.1, 0.15) is 11.3 Å². The van der Waals surface area contributed by atoms with Crippen LogP contribution in [0.15, 0.2) is 46.0 Å². The summed E-state index contributed by atoms with van der Waals surface area (Å²) in [5.74, 6) is 0.514. The van der Waals surface area contributed by atoms with E-state index in [1.165, 1.54) is 17.8 Å². The van der Waals surface area contributed by atoms with Crippen LogP contribution in [0.5, 0.6) is 0 Å². The van der Waals surface area contributed by atoms with Gasteiger partial charge >= 0.3 is 0 Å². The van der Waals surface area contributed by atoms with Gasteiger partial charge in [-0.3, -0.25) is 4.99 Å². The summed E-state index contributed by atoms with van der Waals surface area (Å²) in [4.78, 5) is 6.31. The third kappa shape index (κ3) is 4.34. The number of guanidine groups is 1. The van der Waals surface area contributed by atoms with Gasteiger partial charge in [-0.1, -0.05) is 15.9 Å². The highest BCUT2D eigenvalue weighted by Crippen LogP contribution is 2.14. The molecule has 1 N–H and O–H groups in total. The van der Waals surface area contributed by atoms with Gasteiger partial charge in [0.25, 0.3) is 0 Å². The first kappa shape index (κ1) is 16.5. The number of nitrogens with one attached hydrogen (secondary N) is 1. The minimum absolute atomic E-state index is 0.252. The molecule has 0 aliphatic carbocycles. The fraction of sp³-hybridized carbons (Fsp3) is 0.312. The van der Waals surface area contributed by atoms with Crippen molar-refractivity contribution in [2.75, 3.05) is 14.1 Å². The summed E-state index contributed by atoms with van der Waals surface area (Å²) in [5, 5.41) is 3.25. The number of rotatable bonds is 4. The van der Waals surface area contributed by atoms with Gasteiger partial charge in [-0.05, 0) is 35.9 Å². The maximum atomic E-state index is 13.4. The van der Waals surface area contributed by atoms with E-state index in [-0.39, 0.29) is 5.82 Å². The van der Waals surface area contributed by atoms with Crippen molar-refractivity contribution in [3.8, 4) is 0 Å². The summed E-state index contributed by atoms with van der Waals surface area (Å²) in [6, 6.07) is 8.94. The third-order valence-corrected chi connectivity index (χ3v) is 3.85. The fourth-order valence-electron chi connectivity index (χ4n) is 2.26. The van der Waals surface area contributed by atoms with E-state index in [4.69, 9.17) is 0 Å². The maximum absolute atomic E-state index is 13.4. The lowest BCUT2D eigenvalue weighted by atomic mass is 10.2. The quantitative estimate of drug-likeness (QED) is 0.665. The Hall–Kier alpha value is -1.82. The molecule has 22 heavy (non-hydrogen) atoms. The molecule has 1 aromatic carbocycles. The molecule has 0 radical (unpaired) electrons. The first-order valence-electron chi connectivity index (χ1n) is 6.96. The average molecular weight is 367 g/mol. The summed E-state index contributed by atoms with van der Waals surface area (Å²) in [5.41, 5.74) is 2.05. The molecular weight excluding hydrogens is 347 g/mol. The third-order valence-electron chi connectivity index (χ3n) is 3.40. The van der Waals surface area contributed by atoms with E-state index in [0.29, 0.717) is 6.54 Å². The second kappa shape index (κ2) is 7.45. The van der Waals surface area contributed by atoms with E-state index in [1.54, 1.807) is 7.05 Å². The Balaban J connectivity index is 1.98. The Bertz CT molecular complexity index is 646. The second-order valence-electron chi connectivity index (χ2n) is 5.14. The first-order valence-corrected chi connectivity index (χ1v) is 7.76. The number of hydrogen-bond acceptors (Lipinski definition) is 1. The van der Waals surface area contributed by atoms with Crippen molar-refractivity contribution in [3.05, 3.63) is 58.1 Å². The Kier molecular flexibility index (Phi) is 5.60. The van der Waals surface area contributed by atoms with E-state index in [2.05, 4.69) is 36.9 Å². The lowest BCUT2D eigenvalue weighted by molar-refractivity contribution is 0.461. The lowest BCUT2D eigenvalue weighted by Gasteiger charge is -2.22. The van der Waals surface area contributed by atoms with Crippen LogP contribution in [0, 0.1) is 5.82 Å². The normalized spacial score (nSPS) is 11.6. The predicted octanol–water partition coefficient (Wildman–Crippen LogP) is 3.13. The molecule has 4 nitrogen and oxygen atoms in total. The Morgan fingerprint density at radius 2 is 2.18 bits per heavy atom. The standard InChI is InChI=1S/C16H20BrFN4/c1-19-16(22(3)11-15-5-4-6-21(15)2)20-10-12-7-13(17)9-14(18)8-12/h4-9H,10-11H2,1-3H3,(H,19,20). The SMILES string of the molecule is CN=C(NCc1cc(F)cc(Br)c1)N(C)Cc1cccn1C. The van der Waals surface area contributed by atoms with Crippen LogP contribution in [-0.4, -0.2) is 29.5 Å². The molecule has 0 amide bonds. The molecule has 2 aromatic rings. The average Bonchev–Trinajstić information content (AvgIpc) is 2.84. The fourth-order valence-corrected chi connectivity index (χ4v) is 2.77. The summed E-state index contributed by atoms with van der Waals surface area (Å²) in [7, 11) is 5.73. The topological polar surface area (TPSA) is 32.6 Å². The highest BCUT2D eigenvalue weighted by molar-refractivity contribution is 9.10. The van der Waals surface area contributed by atoms with Crippen LogP contribution in [0.25, 0.3) is 0 Å². The predicted molar refractivity (Wildman–Crippen MR) is 91.2 cm³/mol. The van der Waals surface area contributed by atoms with Crippen molar-refractivity contribution in [2.24, 2.45) is 12.0 Å². The summed E-state index contributed by atoms with van der Waals surface area (Å²) < 4.78 is 16.2. The van der Waals surface area contributed by atoms with Crippen molar-refractivity contribution in [1.82, 2.24) is 14.8 Å². The lowest BCUT2D eigenvalue weighted by Crippen LogP contribution is -2.38. The molecule has 0 atom stereocenters. The van der Waals surface area contributed by atoms with Crippen LogP contribution in [0.4, 0.5) is 4.39 Å². The van der Waals surface area contributed by atoms with E-state index in [0.717, 1.165) is 22.5 Å². The van der Waals surface area contributed by atoms with E-state index in [1.807, 2.05) is 37.3 Å². The van der Waals surface area contributed by atoms with Crippen LogP contribution in [0.2, 0.25) is 0 Å². The van der Waals surface area contributed by atoms with E-state index >= 15 is 0 Å². The minimum Gasteiger partial charge on any atom is -0.353 e. The number of aliphatic imine (C=N–C) groups is 1. The first-order chi connectivity index (χ1) is 10.5. The van der Waals surface area contributed by atoms with Crippen molar-refractivity contribution in [1.29, 1.82) is 0 Å². The molecule has 0 aliphatic rings. The number of hydrogen-bond donors (Lipinski definition) is 1. The Morgan fingerprint density at radius 1 is 1.41 bits per heavy atom. The smallest absolute Gasteiger partial charge is 0.194 e. The highest BCUT2D eigenvalue weighted by Gasteiger charge is 2.08. The highest BCUT2D eigenvalue weighted by atomic mass is 79.9. The molecule has 1 heterocycles. The summed E-state index contributed by atoms with van der Waals surface area (Å²) in [6.07, 6.45) is 2.02. The Labute approximate surface area is 138 Å². The molecule has 0 fully saturated rings. The summed E-state index contributed by atoms with van der Waals surface area (Å²) >= 11 is 3.30. The number of aryl methyl sites for hydroxylation is 1. The largest absolute Gasteiger partial charge is 0.353 e. The van der Waals surface area contributed by atoms with Crippen molar-refractivity contribution in [3.63, 3.8) is 0 Å². The maximum Gasteiger partial charge on any atom is 0.194 e. The van der Waals surface area contributed by atoms with Crippen LogP contribution < -0.4 is 5.32 Å². The molecule has 0 aliphatic heterocycles. The second-order valence-corrected chi connectivity index (χ2v) is 6.06. The van der Waals surface area contributed by atoms with Crippen LogP contribution in [0.3, 0.4) is 0 Å². The number of aromatic nitrogens is 1. The van der Waals surface area contributed by atoms with Gasteiger partial charge in [0, 0.05) is 44.1 Å². The van der Waals surface area contributed by atoms with Gasteiger partial charge in [0.15, 0.2) is 5.96 Å². The number of benzene rings is 1. The number of nitrogens with zero attached hydrogens (tertiary/aromatic N) is 3. The van der Waals surface area contributed by atoms with Gasteiger partial charge in [-0.15, -0.1) is 0 Å². The zero-order valence-corrected chi connectivity index (χ0v) is 14.6. The van der Waals surface area contributed by atoms with Crippen molar-refractivity contribution < 1.29 is 4.39 Å². The molecular formula is C16H20BrFN4. The van der Waals surface area contributed by atoms with Crippen molar-refractivity contribution >= 4 is 21.9 Å². The number of halogens is 2. The zero-order valence-electron chi connectivity index (χ0n) is 13.0. The molecule has 2 rings (SSSR count). The van der Waals surface area contributed by atoms with Gasteiger partial charge in [-0.25, -0.2) is 4.39 Å². The molecule has 6 heteroatoms. The summed E-state index contributed by atoms with van der Waals surface area (Å²) in [6.45, 7) is 1.26. The molecule has 0 bridgehead atoms. The van der Waals surface area contributed by atoms with Crippen molar-refractivity contribution in [2.45, 2.75) is 13.1 Å². The Morgan fingerprint density at radius 3 is 2.77 bits per heavy atom. The molecule has 118 valence electrons. The van der Waals surface area contributed by atoms with E-state index < -0.39 is 0 Å². The van der Waals surface area contributed by atoms with Gasteiger partial charge in [0.1, 0.15) is 5.82 Å². The van der Waals surface area contributed by atoms with Gasteiger partial charge in [0.05, 0.1) is 6.54 Å². The molecule has 0 saturated carbocycles. The van der Waals surface area contributed by atoms with Gasteiger partial charge < -0.3 is 14.8 Å².